The second-order valence-electron chi connectivity index (χ2n) is 4.79. The Hall–Kier alpha value is -1.06. The van der Waals surface area contributed by atoms with Gasteiger partial charge in [-0.1, -0.05) is 31.9 Å². The smallest absolute Gasteiger partial charge is 0.118 e. The molecule has 0 amide bonds. The Morgan fingerprint density at radius 2 is 1.53 bits per heavy atom. The van der Waals surface area contributed by atoms with Gasteiger partial charge in [-0.3, -0.25) is 0 Å². The van der Waals surface area contributed by atoms with Crippen LogP contribution in [0.4, 0.5) is 0 Å². The second-order valence-corrected chi connectivity index (χ2v) is 4.79. The van der Waals surface area contributed by atoms with Crippen LogP contribution < -0.4 is 15.4 Å². The predicted molar refractivity (Wildman–Crippen MR) is 81.7 cm³/mol. The molecule has 0 unspecified atom stereocenters. The van der Waals surface area contributed by atoms with E-state index in [1.165, 1.54) is 31.2 Å². The third-order valence-electron chi connectivity index (χ3n) is 3.20. The van der Waals surface area contributed by atoms with Crippen LogP contribution in [0, 0.1) is 0 Å². The van der Waals surface area contributed by atoms with Crippen molar-refractivity contribution in [3.05, 3.63) is 29.8 Å². The molecule has 0 fully saturated rings. The fourth-order valence-corrected chi connectivity index (χ4v) is 2.01. The van der Waals surface area contributed by atoms with Gasteiger partial charge in [0.1, 0.15) is 5.75 Å². The normalized spacial score (nSPS) is 10.6. The van der Waals surface area contributed by atoms with Gasteiger partial charge in [0.15, 0.2) is 0 Å². The lowest BCUT2D eigenvalue weighted by Crippen LogP contribution is -2.15. The second kappa shape index (κ2) is 10.8. The van der Waals surface area contributed by atoms with E-state index in [0.29, 0.717) is 0 Å². The number of rotatable bonds is 11. The van der Waals surface area contributed by atoms with Crippen molar-refractivity contribution in [1.82, 2.24) is 10.6 Å². The number of hydrogen-bond acceptors (Lipinski definition) is 3. The maximum Gasteiger partial charge on any atom is 0.118 e. The van der Waals surface area contributed by atoms with E-state index in [1.54, 1.807) is 7.11 Å². The molecule has 0 heterocycles. The van der Waals surface area contributed by atoms with E-state index in [2.05, 4.69) is 29.7 Å². The number of hydrogen-bond donors (Lipinski definition) is 2. The monoisotopic (exact) mass is 264 g/mol. The van der Waals surface area contributed by atoms with Crippen molar-refractivity contribution < 1.29 is 4.74 Å². The first-order valence-electron chi connectivity index (χ1n) is 7.41. The molecule has 0 radical (unpaired) electrons. The number of methoxy groups -OCH3 is 1. The third-order valence-corrected chi connectivity index (χ3v) is 3.20. The standard InChI is InChI=1S/C16H28N2O/c1-3-17-12-6-4-5-7-13-18-14-15-8-10-16(19-2)11-9-15/h8-11,17-18H,3-7,12-14H2,1-2H3. The Labute approximate surface area is 117 Å². The van der Waals surface area contributed by atoms with Crippen molar-refractivity contribution in [1.29, 1.82) is 0 Å². The molecule has 0 saturated heterocycles. The molecule has 2 N–H and O–H groups in total. The quantitative estimate of drug-likeness (QED) is 0.603. The molecule has 1 aromatic carbocycles. The van der Waals surface area contributed by atoms with Crippen LogP contribution in [-0.2, 0) is 6.54 Å². The molecular weight excluding hydrogens is 236 g/mol. The topological polar surface area (TPSA) is 33.3 Å². The van der Waals surface area contributed by atoms with Gasteiger partial charge in [0.25, 0.3) is 0 Å². The van der Waals surface area contributed by atoms with Crippen LogP contribution in [0.5, 0.6) is 5.75 Å². The molecule has 0 saturated carbocycles. The summed E-state index contributed by atoms with van der Waals surface area (Å²) in [5, 5.41) is 6.84. The number of nitrogens with one attached hydrogen (secondary N) is 2. The van der Waals surface area contributed by atoms with Crippen molar-refractivity contribution in [2.24, 2.45) is 0 Å². The summed E-state index contributed by atoms with van der Waals surface area (Å²) in [6, 6.07) is 8.25. The molecule has 108 valence electrons. The van der Waals surface area contributed by atoms with Gasteiger partial charge in [-0.05, 0) is 50.2 Å². The van der Waals surface area contributed by atoms with Gasteiger partial charge in [-0.15, -0.1) is 0 Å². The Bertz CT molecular complexity index is 311. The molecule has 0 aliphatic rings. The molecule has 3 heteroatoms. The van der Waals surface area contributed by atoms with Gasteiger partial charge in [0.2, 0.25) is 0 Å². The van der Waals surface area contributed by atoms with E-state index in [1.807, 2.05) is 12.1 Å². The van der Waals surface area contributed by atoms with Crippen LogP contribution in [0.3, 0.4) is 0 Å². The number of benzene rings is 1. The van der Waals surface area contributed by atoms with Crippen LogP contribution in [0.25, 0.3) is 0 Å². The highest BCUT2D eigenvalue weighted by Gasteiger charge is 1.94. The first kappa shape index (κ1) is 16.0. The van der Waals surface area contributed by atoms with E-state index >= 15 is 0 Å². The van der Waals surface area contributed by atoms with Crippen LogP contribution in [0.15, 0.2) is 24.3 Å². The van der Waals surface area contributed by atoms with Crippen LogP contribution >= 0.6 is 0 Å². The third kappa shape index (κ3) is 7.85. The number of ether oxygens (including phenoxy) is 1. The molecule has 0 aromatic heterocycles. The van der Waals surface area contributed by atoms with Crippen LogP contribution in [-0.4, -0.2) is 26.7 Å². The average Bonchev–Trinajstić information content (AvgIpc) is 2.46. The summed E-state index contributed by atoms with van der Waals surface area (Å²) >= 11 is 0. The first-order chi connectivity index (χ1) is 9.36. The van der Waals surface area contributed by atoms with Gasteiger partial charge < -0.3 is 15.4 Å². The van der Waals surface area contributed by atoms with E-state index in [-0.39, 0.29) is 0 Å². The zero-order chi connectivity index (χ0) is 13.8. The van der Waals surface area contributed by atoms with Crippen molar-refractivity contribution in [2.75, 3.05) is 26.7 Å². The maximum atomic E-state index is 5.14. The van der Waals surface area contributed by atoms with E-state index in [4.69, 9.17) is 4.74 Å². The molecule has 0 atom stereocenters. The summed E-state index contributed by atoms with van der Waals surface area (Å²) in [5.41, 5.74) is 1.31. The van der Waals surface area contributed by atoms with Gasteiger partial charge in [0.05, 0.1) is 7.11 Å². The lowest BCUT2D eigenvalue weighted by molar-refractivity contribution is 0.414. The highest BCUT2D eigenvalue weighted by molar-refractivity contribution is 5.26. The molecule has 0 aliphatic carbocycles. The minimum atomic E-state index is 0.921. The molecule has 19 heavy (non-hydrogen) atoms. The molecule has 0 aliphatic heterocycles. The Balaban J connectivity index is 1.95. The molecular formula is C16H28N2O. The Morgan fingerprint density at radius 3 is 2.11 bits per heavy atom. The fraction of sp³-hybridized carbons (Fsp3) is 0.625. The van der Waals surface area contributed by atoms with E-state index in [0.717, 1.165) is 31.9 Å². The SMILES string of the molecule is CCNCCCCCCNCc1ccc(OC)cc1. The lowest BCUT2D eigenvalue weighted by atomic mass is 10.2. The lowest BCUT2D eigenvalue weighted by Gasteiger charge is -2.06. The van der Waals surface area contributed by atoms with Crippen LogP contribution in [0.2, 0.25) is 0 Å². The molecule has 0 bridgehead atoms. The molecule has 1 rings (SSSR count). The summed E-state index contributed by atoms with van der Waals surface area (Å²) in [7, 11) is 1.70. The summed E-state index contributed by atoms with van der Waals surface area (Å²) in [4.78, 5) is 0. The van der Waals surface area contributed by atoms with Gasteiger partial charge in [0, 0.05) is 6.54 Å². The van der Waals surface area contributed by atoms with Crippen LogP contribution in [0.1, 0.15) is 38.2 Å². The largest absolute Gasteiger partial charge is 0.497 e. The van der Waals surface area contributed by atoms with Gasteiger partial charge >= 0.3 is 0 Å². The highest BCUT2D eigenvalue weighted by atomic mass is 16.5. The summed E-state index contributed by atoms with van der Waals surface area (Å²) < 4.78 is 5.14. The highest BCUT2D eigenvalue weighted by Crippen LogP contribution is 2.10. The fourth-order valence-electron chi connectivity index (χ4n) is 2.01. The first-order valence-corrected chi connectivity index (χ1v) is 7.41. The zero-order valence-electron chi connectivity index (χ0n) is 12.4. The number of unbranched alkanes of at least 4 members (excludes halogenated alkanes) is 3. The molecule has 3 nitrogen and oxygen atoms in total. The summed E-state index contributed by atoms with van der Waals surface area (Å²) in [6.07, 6.45) is 5.22. The predicted octanol–water partition coefficient (Wildman–Crippen LogP) is 2.95. The minimum Gasteiger partial charge on any atom is -0.497 e. The average molecular weight is 264 g/mol. The summed E-state index contributed by atoms with van der Waals surface area (Å²) in [5.74, 6) is 0.921. The summed E-state index contributed by atoms with van der Waals surface area (Å²) in [6.45, 7) is 6.46. The zero-order valence-corrected chi connectivity index (χ0v) is 12.4. The Morgan fingerprint density at radius 1 is 0.895 bits per heavy atom. The van der Waals surface area contributed by atoms with Crippen molar-refractivity contribution in [3.63, 3.8) is 0 Å². The van der Waals surface area contributed by atoms with Gasteiger partial charge in [-0.2, -0.15) is 0 Å². The maximum absolute atomic E-state index is 5.14. The van der Waals surface area contributed by atoms with Crippen molar-refractivity contribution in [2.45, 2.75) is 39.2 Å². The Kier molecular flexibility index (Phi) is 9.11. The molecule has 0 spiro atoms. The van der Waals surface area contributed by atoms with Crippen molar-refractivity contribution >= 4 is 0 Å². The van der Waals surface area contributed by atoms with E-state index in [9.17, 15) is 0 Å². The van der Waals surface area contributed by atoms with Gasteiger partial charge in [-0.25, -0.2) is 0 Å². The van der Waals surface area contributed by atoms with E-state index < -0.39 is 0 Å². The minimum absolute atomic E-state index is 0.921. The molecule has 1 aromatic rings. The van der Waals surface area contributed by atoms with Crippen molar-refractivity contribution in [3.8, 4) is 5.75 Å².